The molecule has 0 spiro atoms. The van der Waals surface area contributed by atoms with Crippen molar-refractivity contribution in [1.82, 2.24) is 0 Å². The molecule has 0 fully saturated rings. The largest absolute Gasteiger partial charge is 0.165 e. The third kappa shape index (κ3) is 4.48. The Morgan fingerprint density at radius 1 is 1.27 bits per heavy atom. The van der Waals surface area contributed by atoms with Gasteiger partial charge < -0.3 is 0 Å². The number of benzene rings is 1. The van der Waals surface area contributed by atoms with Crippen molar-refractivity contribution in [2.75, 3.05) is 12.0 Å². The van der Waals surface area contributed by atoms with E-state index in [0.29, 0.717) is 5.92 Å². The molecule has 0 N–H and O–H groups in total. The normalized spacial score (nSPS) is 14.9. The smallest absolute Gasteiger partial charge is 0.0610 e. The summed E-state index contributed by atoms with van der Waals surface area (Å²) in [6, 6.07) is 10.4. The van der Waals surface area contributed by atoms with E-state index in [1.165, 1.54) is 24.2 Å². The molecular weight excluding hydrogens is 224 g/mol. The lowest BCUT2D eigenvalue weighted by Gasteiger charge is -2.18. The molecule has 0 amide bonds. The van der Waals surface area contributed by atoms with Gasteiger partial charge in [0.1, 0.15) is 0 Å². The van der Waals surface area contributed by atoms with Gasteiger partial charge in [0, 0.05) is 0 Å². The van der Waals surface area contributed by atoms with Crippen LogP contribution in [0.15, 0.2) is 30.3 Å². The number of alkyl halides is 1. The van der Waals surface area contributed by atoms with E-state index in [-0.39, 0.29) is 5.38 Å². The average molecular weight is 243 g/mol. The van der Waals surface area contributed by atoms with Crippen LogP contribution in [0.4, 0.5) is 0 Å². The molecule has 0 aliphatic heterocycles. The van der Waals surface area contributed by atoms with Crippen molar-refractivity contribution >= 4 is 23.4 Å². The van der Waals surface area contributed by atoms with Crippen molar-refractivity contribution in [1.29, 1.82) is 0 Å². The van der Waals surface area contributed by atoms with E-state index < -0.39 is 0 Å². The Labute approximate surface area is 102 Å². The summed E-state index contributed by atoms with van der Waals surface area (Å²) in [7, 11) is 0. The molecule has 2 unspecified atom stereocenters. The van der Waals surface area contributed by atoms with Gasteiger partial charge in [0.25, 0.3) is 0 Å². The molecular formula is C13H19ClS. The minimum Gasteiger partial charge on any atom is -0.165 e. The van der Waals surface area contributed by atoms with Crippen molar-refractivity contribution in [2.24, 2.45) is 5.92 Å². The standard InChI is InChI=1S/C13H19ClS/c1-11(7-6-10-15-2)13(14)12-8-4-3-5-9-12/h3-5,8-9,11,13H,6-7,10H2,1-2H3. The van der Waals surface area contributed by atoms with E-state index in [2.05, 4.69) is 37.4 Å². The van der Waals surface area contributed by atoms with Gasteiger partial charge in [0.2, 0.25) is 0 Å². The number of hydrogen-bond donors (Lipinski definition) is 0. The minimum atomic E-state index is 0.160. The van der Waals surface area contributed by atoms with Crippen LogP contribution in [0, 0.1) is 5.92 Å². The van der Waals surface area contributed by atoms with Crippen molar-refractivity contribution in [2.45, 2.75) is 25.1 Å². The van der Waals surface area contributed by atoms with Crippen molar-refractivity contribution < 1.29 is 0 Å². The van der Waals surface area contributed by atoms with Crippen LogP contribution in [0.5, 0.6) is 0 Å². The Balaban J connectivity index is 2.42. The lowest BCUT2D eigenvalue weighted by atomic mass is 9.96. The third-order valence-corrected chi connectivity index (χ3v) is 4.00. The van der Waals surface area contributed by atoms with Gasteiger partial charge in [-0.2, -0.15) is 11.8 Å². The first-order valence-corrected chi connectivity index (χ1v) is 7.26. The maximum Gasteiger partial charge on any atom is 0.0610 e. The van der Waals surface area contributed by atoms with E-state index in [0.717, 1.165) is 0 Å². The molecule has 1 rings (SSSR count). The number of thioether (sulfide) groups is 1. The summed E-state index contributed by atoms with van der Waals surface area (Å²) in [6.07, 6.45) is 4.63. The van der Waals surface area contributed by atoms with Gasteiger partial charge in [-0.05, 0) is 36.3 Å². The Bertz CT molecular complexity index is 260. The van der Waals surface area contributed by atoms with Crippen LogP contribution in [-0.2, 0) is 0 Å². The summed E-state index contributed by atoms with van der Waals surface area (Å²) in [5.41, 5.74) is 1.25. The first-order chi connectivity index (χ1) is 7.25. The molecule has 1 aromatic carbocycles. The van der Waals surface area contributed by atoms with Gasteiger partial charge >= 0.3 is 0 Å². The van der Waals surface area contributed by atoms with E-state index in [1.807, 2.05) is 17.8 Å². The van der Waals surface area contributed by atoms with Crippen LogP contribution in [0.2, 0.25) is 0 Å². The molecule has 15 heavy (non-hydrogen) atoms. The summed E-state index contributed by atoms with van der Waals surface area (Å²) < 4.78 is 0. The molecule has 2 heteroatoms. The summed E-state index contributed by atoms with van der Waals surface area (Å²) in [6.45, 7) is 2.24. The summed E-state index contributed by atoms with van der Waals surface area (Å²) in [5.74, 6) is 1.80. The van der Waals surface area contributed by atoms with E-state index >= 15 is 0 Å². The first-order valence-electron chi connectivity index (χ1n) is 5.43. The highest BCUT2D eigenvalue weighted by atomic mass is 35.5. The Morgan fingerprint density at radius 3 is 2.53 bits per heavy atom. The van der Waals surface area contributed by atoms with Crippen LogP contribution in [-0.4, -0.2) is 12.0 Å². The summed E-state index contributed by atoms with van der Waals surface area (Å²) in [5, 5.41) is 0.160. The molecule has 0 aliphatic rings. The molecule has 1 aromatic rings. The first kappa shape index (κ1) is 12.9. The summed E-state index contributed by atoms with van der Waals surface area (Å²) in [4.78, 5) is 0. The van der Waals surface area contributed by atoms with Crippen LogP contribution in [0.1, 0.15) is 30.7 Å². The van der Waals surface area contributed by atoms with Crippen molar-refractivity contribution in [3.63, 3.8) is 0 Å². The number of halogens is 1. The molecule has 0 heterocycles. The van der Waals surface area contributed by atoms with Gasteiger partial charge in [-0.3, -0.25) is 0 Å². The Kier molecular flexibility index (Phi) is 6.19. The lowest BCUT2D eigenvalue weighted by Crippen LogP contribution is -2.04. The van der Waals surface area contributed by atoms with Gasteiger partial charge in [0.05, 0.1) is 5.38 Å². The highest BCUT2D eigenvalue weighted by Crippen LogP contribution is 2.31. The van der Waals surface area contributed by atoms with E-state index in [1.54, 1.807) is 0 Å². The lowest BCUT2D eigenvalue weighted by molar-refractivity contribution is 0.510. The minimum absolute atomic E-state index is 0.160. The van der Waals surface area contributed by atoms with Gasteiger partial charge in [-0.25, -0.2) is 0 Å². The molecule has 0 saturated heterocycles. The molecule has 84 valence electrons. The average Bonchev–Trinajstić information content (AvgIpc) is 2.29. The Hall–Kier alpha value is -0.140. The zero-order valence-corrected chi connectivity index (χ0v) is 11.0. The SMILES string of the molecule is CSCCCC(C)C(Cl)c1ccccc1. The molecule has 0 aromatic heterocycles. The highest BCUT2D eigenvalue weighted by Gasteiger charge is 2.15. The molecule has 0 aliphatic carbocycles. The molecule has 0 nitrogen and oxygen atoms in total. The van der Waals surface area contributed by atoms with Crippen molar-refractivity contribution in [3.8, 4) is 0 Å². The molecule has 0 bridgehead atoms. The second-order valence-electron chi connectivity index (χ2n) is 3.92. The predicted octanol–water partition coefficient (Wildman–Crippen LogP) is 4.75. The fourth-order valence-electron chi connectivity index (χ4n) is 1.66. The van der Waals surface area contributed by atoms with Gasteiger partial charge in [0.15, 0.2) is 0 Å². The number of hydrogen-bond acceptors (Lipinski definition) is 1. The predicted molar refractivity (Wildman–Crippen MR) is 71.8 cm³/mol. The van der Waals surface area contributed by atoms with Crippen LogP contribution < -0.4 is 0 Å². The number of rotatable bonds is 6. The quantitative estimate of drug-likeness (QED) is 0.513. The van der Waals surface area contributed by atoms with Gasteiger partial charge in [-0.15, -0.1) is 11.6 Å². The molecule has 0 radical (unpaired) electrons. The summed E-state index contributed by atoms with van der Waals surface area (Å²) >= 11 is 8.34. The van der Waals surface area contributed by atoms with Crippen LogP contribution >= 0.6 is 23.4 Å². The second kappa shape index (κ2) is 7.19. The van der Waals surface area contributed by atoms with Crippen LogP contribution in [0.3, 0.4) is 0 Å². The maximum atomic E-state index is 6.43. The fourth-order valence-corrected chi connectivity index (χ4v) is 2.39. The van der Waals surface area contributed by atoms with E-state index in [4.69, 9.17) is 11.6 Å². The van der Waals surface area contributed by atoms with Gasteiger partial charge in [-0.1, -0.05) is 37.3 Å². The topological polar surface area (TPSA) is 0 Å². The fraction of sp³-hybridized carbons (Fsp3) is 0.538. The third-order valence-electron chi connectivity index (χ3n) is 2.63. The van der Waals surface area contributed by atoms with Crippen molar-refractivity contribution in [3.05, 3.63) is 35.9 Å². The van der Waals surface area contributed by atoms with E-state index in [9.17, 15) is 0 Å². The highest BCUT2D eigenvalue weighted by molar-refractivity contribution is 7.98. The zero-order chi connectivity index (χ0) is 11.1. The second-order valence-corrected chi connectivity index (χ2v) is 5.38. The molecule has 2 atom stereocenters. The molecule has 0 saturated carbocycles. The van der Waals surface area contributed by atoms with Crippen LogP contribution in [0.25, 0.3) is 0 Å². The maximum absolute atomic E-state index is 6.43. The Morgan fingerprint density at radius 2 is 1.93 bits per heavy atom. The monoisotopic (exact) mass is 242 g/mol. The zero-order valence-electron chi connectivity index (χ0n) is 9.45.